The van der Waals surface area contributed by atoms with Crippen molar-refractivity contribution in [2.24, 2.45) is 0 Å². The van der Waals surface area contributed by atoms with Crippen molar-refractivity contribution in [3.8, 4) is 6.07 Å². The Morgan fingerprint density at radius 1 is 1.62 bits per heavy atom. The van der Waals surface area contributed by atoms with Crippen LogP contribution in [-0.4, -0.2) is 23.4 Å². The molecule has 1 fully saturated rings. The van der Waals surface area contributed by atoms with Gasteiger partial charge in [-0.1, -0.05) is 0 Å². The molecule has 1 aliphatic rings. The molecule has 1 aliphatic carbocycles. The van der Waals surface area contributed by atoms with Crippen LogP contribution in [0.5, 0.6) is 0 Å². The fraction of sp³-hybridized carbons (Fsp3) is 0.500. The fourth-order valence-electron chi connectivity index (χ4n) is 1.74. The van der Waals surface area contributed by atoms with Gasteiger partial charge in [-0.15, -0.1) is 0 Å². The summed E-state index contributed by atoms with van der Waals surface area (Å²) in [5.41, 5.74) is 1.08. The zero-order valence-electron chi connectivity index (χ0n) is 9.06. The van der Waals surface area contributed by atoms with Crippen molar-refractivity contribution >= 4 is 17.2 Å². The van der Waals surface area contributed by atoms with Crippen LogP contribution in [0.4, 0.5) is 0 Å². The summed E-state index contributed by atoms with van der Waals surface area (Å²) in [6.07, 6.45) is 3.11. The predicted octanol–water partition coefficient (Wildman–Crippen LogP) is 2.20. The third-order valence-corrected chi connectivity index (χ3v) is 3.44. The molecule has 0 aromatic carbocycles. The van der Waals surface area contributed by atoms with Crippen LogP contribution in [0.25, 0.3) is 0 Å². The molecule has 1 saturated carbocycles. The molecule has 16 heavy (non-hydrogen) atoms. The Morgan fingerprint density at radius 3 is 3.00 bits per heavy atom. The first-order valence-electron chi connectivity index (χ1n) is 5.49. The maximum atomic E-state index is 12.0. The van der Waals surface area contributed by atoms with E-state index in [2.05, 4.69) is 6.07 Å². The Hall–Kier alpha value is -1.34. The van der Waals surface area contributed by atoms with Crippen LogP contribution in [0.1, 0.15) is 24.8 Å². The summed E-state index contributed by atoms with van der Waals surface area (Å²) in [4.78, 5) is 13.9. The van der Waals surface area contributed by atoms with Gasteiger partial charge in [0.15, 0.2) is 0 Å². The van der Waals surface area contributed by atoms with Gasteiger partial charge in [-0.3, -0.25) is 4.79 Å². The zero-order chi connectivity index (χ0) is 11.4. The normalized spacial score (nSPS) is 14.4. The lowest BCUT2D eigenvalue weighted by Crippen LogP contribution is -2.34. The van der Waals surface area contributed by atoms with Crippen LogP contribution in [-0.2, 0) is 11.2 Å². The summed E-state index contributed by atoms with van der Waals surface area (Å²) in [7, 11) is 0. The van der Waals surface area contributed by atoms with Crippen molar-refractivity contribution in [2.45, 2.75) is 31.7 Å². The number of hydrogen-bond donors (Lipinski definition) is 0. The minimum Gasteiger partial charge on any atom is -0.338 e. The Morgan fingerprint density at radius 2 is 2.44 bits per heavy atom. The first kappa shape index (κ1) is 11.2. The van der Waals surface area contributed by atoms with E-state index in [-0.39, 0.29) is 5.91 Å². The van der Waals surface area contributed by atoms with E-state index in [1.807, 2.05) is 21.7 Å². The molecule has 0 saturated heterocycles. The van der Waals surface area contributed by atoms with Gasteiger partial charge in [-0.05, 0) is 35.2 Å². The second-order valence-corrected chi connectivity index (χ2v) is 4.81. The number of thiophene rings is 1. The van der Waals surface area contributed by atoms with Crippen molar-refractivity contribution in [1.82, 2.24) is 4.90 Å². The molecule has 0 radical (unpaired) electrons. The van der Waals surface area contributed by atoms with Crippen molar-refractivity contribution in [1.29, 1.82) is 5.26 Å². The molecule has 4 heteroatoms. The molecule has 1 aromatic heterocycles. The molecule has 0 bridgehead atoms. The Balaban J connectivity index is 1.92. The second kappa shape index (κ2) is 5.13. The first-order chi connectivity index (χ1) is 7.81. The summed E-state index contributed by atoms with van der Waals surface area (Å²) >= 11 is 1.61. The van der Waals surface area contributed by atoms with Crippen LogP contribution in [0.15, 0.2) is 16.8 Å². The molecule has 84 valence electrons. The molecule has 3 nitrogen and oxygen atoms in total. The van der Waals surface area contributed by atoms with Crippen LogP contribution in [0.2, 0.25) is 0 Å². The van der Waals surface area contributed by atoms with Gasteiger partial charge in [-0.25, -0.2) is 0 Å². The highest BCUT2D eigenvalue weighted by atomic mass is 32.1. The highest BCUT2D eigenvalue weighted by Crippen LogP contribution is 2.27. The standard InChI is InChI=1S/C12H14N2OS/c13-5-1-6-14(11-2-3-11)12(15)8-10-4-7-16-9-10/h4,7,9,11H,1-3,6,8H2. The lowest BCUT2D eigenvalue weighted by atomic mass is 10.2. The molecule has 0 spiro atoms. The number of carbonyl (C=O) groups is 1. The van der Waals surface area contributed by atoms with E-state index in [9.17, 15) is 4.79 Å². The Bertz CT molecular complexity index is 390. The van der Waals surface area contributed by atoms with Crippen LogP contribution in [0.3, 0.4) is 0 Å². The quantitative estimate of drug-likeness (QED) is 0.784. The van der Waals surface area contributed by atoms with E-state index >= 15 is 0 Å². The van der Waals surface area contributed by atoms with Crippen LogP contribution < -0.4 is 0 Å². The largest absolute Gasteiger partial charge is 0.338 e. The van der Waals surface area contributed by atoms with Gasteiger partial charge in [0.1, 0.15) is 0 Å². The molecule has 1 aromatic rings. The number of nitrogens with zero attached hydrogens (tertiary/aromatic N) is 2. The predicted molar refractivity (Wildman–Crippen MR) is 63.0 cm³/mol. The van der Waals surface area contributed by atoms with E-state index in [1.165, 1.54) is 0 Å². The van der Waals surface area contributed by atoms with E-state index < -0.39 is 0 Å². The van der Waals surface area contributed by atoms with E-state index in [4.69, 9.17) is 5.26 Å². The van der Waals surface area contributed by atoms with Gasteiger partial charge in [0.25, 0.3) is 0 Å². The lowest BCUT2D eigenvalue weighted by Gasteiger charge is -2.20. The molecule has 1 amide bonds. The summed E-state index contributed by atoms with van der Waals surface area (Å²) < 4.78 is 0. The van der Waals surface area contributed by atoms with Crippen molar-refractivity contribution in [3.05, 3.63) is 22.4 Å². The van der Waals surface area contributed by atoms with Gasteiger partial charge in [0.2, 0.25) is 5.91 Å². The maximum absolute atomic E-state index is 12.0. The molecule has 0 atom stereocenters. The smallest absolute Gasteiger partial charge is 0.227 e. The Labute approximate surface area is 99.3 Å². The molecule has 0 aliphatic heterocycles. The molecule has 2 rings (SSSR count). The first-order valence-corrected chi connectivity index (χ1v) is 6.43. The number of rotatable bonds is 5. The molecule has 1 heterocycles. The summed E-state index contributed by atoms with van der Waals surface area (Å²) in [6, 6.07) is 4.49. The van der Waals surface area contributed by atoms with Crippen LogP contribution in [0, 0.1) is 11.3 Å². The molecular weight excluding hydrogens is 220 g/mol. The van der Waals surface area contributed by atoms with E-state index in [0.717, 1.165) is 18.4 Å². The average molecular weight is 234 g/mol. The second-order valence-electron chi connectivity index (χ2n) is 4.03. The molecule has 0 N–H and O–H groups in total. The lowest BCUT2D eigenvalue weighted by molar-refractivity contribution is -0.131. The minimum absolute atomic E-state index is 0.163. The van der Waals surface area contributed by atoms with Gasteiger partial charge in [-0.2, -0.15) is 16.6 Å². The highest BCUT2D eigenvalue weighted by molar-refractivity contribution is 7.07. The average Bonchev–Trinajstić information content (AvgIpc) is 2.98. The van der Waals surface area contributed by atoms with Gasteiger partial charge in [0.05, 0.1) is 18.9 Å². The molecule has 0 unspecified atom stereocenters. The number of nitriles is 1. The SMILES string of the molecule is N#CCCN(C(=O)Cc1ccsc1)C1CC1. The fourth-order valence-corrected chi connectivity index (χ4v) is 2.41. The van der Waals surface area contributed by atoms with Gasteiger partial charge in [0, 0.05) is 12.6 Å². The summed E-state index contributed by atoms with van der Waals surface area (Å²) in [5.74, 6) is 0.163. The number of amides is 1. The van der Waals surface area contributed by atoms with Crippen molar-refractivity contribution in [3.63, 3.8) is 0 Å². The Kier molecular flexibility index (Phi) is 3.58. The van der Waals surface area contributed by atoms with Crippen molar-refractivity contribution in [2.75, 3.05) is 6.54 Å². The maximum Gasteiger partial charge on any atom is 0.227 e. The minimum atomic E-state index is 0.163. The number of carbonyl (C=O) groups excluding carboxylic acids is 1. The third kappa shape index (κ3) is 2.83. The van der Waals surface area contributed by atoms with Gasteiger partial charge >= 0.3 is 0 Å². The topological polar surface area (TPSA) is 44.1 Å². The number of hydrogen-bond acceptors (Lipinski definition) is 3. The summed E-state index contributed by atoms with van der Waals surface area (Å²) in [6.45, 7) is 0.587. The van der Waals surface area contributed by atoms with Crippen LogP contribution >= 0.6 is 11.3 Å². The third-order valence-electron chi connectivity index (χ3n) is 2.71. The summed E-state index contributed by atoms with van der Waals surface area (Å²) in [5, 5.41) is 12.6. The monoisotopic (exact) mass is 234 g/mol. The highest BCUT2D eigenvalue weighted by Gasteiger charge is 2.31. The van der Waals surface area contributed by atoms with Crippen molar-refractivity contribution < 1.29 is 4.79 Å². The zero-order valence-corrected chi connectivity index (χ0v) is 9.87. The van der Waals surface area contributed by atoms with E-state index in [1.54, 1.807) is 11.3 Å². The van der Waals surface area contributed by atoms with E-state index in [0.29, 0.717) is 25.4 Å². The molecular formula is C12H14N2OS. The van der Waals surface area contributed by atoms with Gasteiger partial charge < -0.3 is 4.90 Å².